The van der Waals surface area contributed by atoms with Gasteiger partial charge in [-0.2, -0.15) is 0 Å². The zero-order valence-corrected chi connectivity index (χ0v) is 31.6. The molecular weight excluding hydrogens is 754 g/mol. The summed E-state index contributed by atoms with van der Waals surface area (Å²) < 4.78 is 2.45. The first-order valence-electron chi connectivity index (χ1n) is 14.7. The molecule has 0 aliphatic heterocycles. The summed E-state index contributed by atoms with van der Waals surface area (Å²) in [5.41, 5.74) is 11.6. The van der Waals surface area contributed by atoms with E-state index in [0.717, 1.165) is 35.5 Å². The number of aromatic nitrogens is 2. The normalized spacial score (nSPS) is 11.2. The minimum Gasteiger partial charge on any atom is -0.358 e. The van der Waals surface area contributed by atoms with Crippen LogP contribution in [0, 0.1) is 46.1 Å². The van der Waals surface area contributed by atoms with Crippen molar-refractivity contribution in [1.82, 2.24) is 9.38 Å². The van der Waals surface area contributed by atoms with Crippen LogP contribution in [0.25, 0.3) is 38.6 Å². The molecule has 41 heavy (non-hydrogen) atoms. The average molecular weight is 800 g/mol. The number of benzene rings is 3. The quantitative estimate of drug-likeness (QED) is 0.107. The van der Waals surface area contributed by atoms with E-state index in [1.54, 1.807) is 0 Å². The molecule has 2 radical (unpaired) electrons. The molecule has 218 valence electrons. The molecule has 2 heterocycles. The van der Waals surface area contributed by atoms with Crippen molar-refractivity contribution in [2.24, 2.45) is 11.8 Å². The maximum atomic E-state index is 5.20. The van der Waals surface area contributed by atoms with Crippen LogP contribution in [0.15, 0.2) is 48.5 Å². The van der Waals surface area contributed by atoms with Gasteiger partial charge < -0.3 is 11.8 Å². The molecule has 5 aromatic rings. The number of hydrogen-bond donors (Lipinski definition) is 0. The van der Waals surface area contributed by atoms with Crippen molar-refractivity contribution >= 4 is 27.3 Å². The molecule has 0 amide bonds. The van der Waals surface area contributed by atoms with Gasteiger partial charge in [-0.05, 0) is 79.2 Å². The van der Waals surface area contributed by atoms with Crippen molar-refractivity contribution in [3.8, 4) is 11.3 Å². The molecule has 2 aromatic heterocycles. The molecule has 0 atom stereocenters. The van der Waals surface area contributed by atoms with Crippen LogP contribution in [0.5, 0.6) is 0 Å². The Bertz CT molecular complexity index is 1590. The van der Waals surface area contributed by atoms with Crippen LogP contribution in [0.1, 0.15) is 81.3 Å². The van der Waals surface area contributed by atoms with Crippen molar-refractivity contribution < 1.29 is 52.8 Å². The second-order valence-corrected chi connectivity index (χ2v) is 11.3. The van der Waals surface area contributed by atoms with Gasteiger partial charge in [0.05, 0.1) is 17.0 Å². The second kappa shape index (κ2) is 15.4. The van der Waals surface area contributed by atoms with Gasteiger partial charge in [0, 0.05) is 63.9 Å². The summed E-state index contributed by atoms with van der Waals surface area (Å²) in [6, 6.07) is 21.7. The first-order valence-corrected chi connectivity index (χ1v) is 14.7. The zero-order valence-electron chi connectivity index (χ0n) is 26.3. The Labute approximate surface area is 287 Å². The summed E-state index contributed by atoms with van der Waals surface area (Å²) in [6.07, 6.45) is 7.19. The predicted molar refractivity (Wildman–Crippen MR) is 171 cm³/mol. The maximum Gasteiger partial charge on any atom is 0.0669 e. The SMILES string of the molecule is CCC(CC)Cc1cc2c3ccc[c-]c3c3nc(C)c(-c4c(C)cccc4C)n3c2cc1CC(CC)CC.[CH3-].[Ir].[Y]. The second-order valence-electron chi connectivity index (χ2n) is 11.3. The molecule has 0 spiro atoms. The largest absolute Gasteiger partial charge is 0.358 e. The van der Waals surface area contributed by atoms with Crippen LogP contribution in [-0.4, -0.2) is 9.38 Å². The van der Waals surface area contributed by atoms with Crippen LogP contribution in [0.4, 0.5) is 0 Å². The minimum absolute atomic E-state index is 0. The van der Waals surface area contributed by atoms with Gasteiger partial charge >= 0.3 is 0 Å². The Balaban J connectivity index is 0.00000196. The Kier molecular flexibility index (Phi) is 13.4. The van der Waals surface area contributed by atoms with E-state index in [9.17, 15) is 0 Å². The molecule has 0 aliphatic carbocycles. The number of hydrogen-bond acceptors (Lipinski definition) is 1. The molecule has 0 N–H and O–H groups in total. The summed E-state index contributed by atoms with van der Waals surface area (Å²) in [5.74, 6) is 1.43. The smallest absolute Gasteiger partial charge is 0.0669 e. The van der Waals surface area contributed by atoms with Gasteiger partial charge in [0.15, 0.2) is 0 Å². The van der Waals surface area contributed by atoms with Crippen LogP contribution in [-0.2, 0) is 65.7 Å². The first kappa shape index (κ1) is 35.8. The van der Waals surface area contributed by atoms with E-state index >= 15 is 0 Å². The van der Waals surface area contributed by atoms with E-state index in [2.05, 4.69) is 101 Å². The summed E-state index contributed by atoms with van der Waals surface area (Å²) in [6.45, 7) is 16.0. The molecular formula is C37H46IrN2Y-2. The molecule has 0 aliphatic rings. The maximum absolute atomic E-state index is 5.20. The van der Waals surface area contributed by atoms with Crippen LogP contribution in [0.2, 0.25) is 0 Å². The predicted octanol–water partition coefficient (Wildman–Crippen LogP) is 10.4. The third-order valence-corrected chi connectivity index (χ3v) is 9.02. The first-order chi connectivity index (χ1) is 18.4. The van der Waals surface area contributed by atoms with Gasteiger partial charge in [-0.3, -0.25) is 4.98 Å². The molecule has 0 saturated carbocycles. The molecule has 0 fully saturated rings. The molecule has 5 rings (SSSR count). The fraction of sp³-hybridized carbons (Fsp3) is 0.405. The molecule has 0 bridgehead atoms. The number of nitrogens with zero attached hydrogens (tertiary/aromatic N) is 2. The number of aryl methyl sites for hydroxylation is 3. The van der Waals surface area contributed by atoms with Gasteiger partial charge in [-0.25, -0.2) is 0 Å². The van der Waals surface area contributed by atoms with E-state index < -0.39 is 0 Å². The van der Waals surface area contributed by atoms with Crippen molar-refractivity contribution in [3.05, 3.63) is 90.0 Å². The molecule has 0 saturated heterocycles. The fourth-order valence-corrected chi connectivity index (χ4v) is 6.49. The van der Waals surface area contributed by atoms with Crippen molar-refractivity contribution in [2.75, 3.05) is 0 Å². The number of pyridine rings is 1. The van der Waals surface area contributed by atoms with Crippen LogP contribution >= 0.6 is 0 Å². The Morgan fingerprint density at radius 1 is 0.780 bits per heavy atom. The average Bonchev–Trinajstić information content (AvgIpc) is 3.27. The standard InChI is InChI=1S/C36H43N2.CH3.Ir.Y/c1-8-26(9-2)19-28-21-32-30-17-12-13-18-31(30)36-37-25(7)35(34-23(5)15-14-16-24(34)6)38(36)33(32)22-29(28)20-27(10-3)11-4;;;/h12-17,21-22,26-27H,8-11,19-20H2,1-7H3;1H3;;/q2*-1;;. The number of rotatable bonds is 9. The van der Waals surface area contributed by atoms with E-state index in [1.807, 2.05) is 6.07 Å². The Morgan fingerprint density at radius 3 is 1.90 bits per heavy atom. The van der Waals surface area contributed by atoms with Crippen LogP contribution in [0.3, 0.4) is 0 Å². The van der Waals surface area contributed by atoms with Crippen molar-refractivity contribution in [1.29, 1.82) is 0 Å². The van der Waals surface area contributed by atoms with Gasteiger partial charge in [0.25, 0.3) is 0 Å². The van der Waals surface area contributed by atoms with Gasteiger partial charge in [0.2, 0.25) is 0 Å². The fourth-order valence-electron chi connectivity index (χ4n) is 6.49. The Hall–Kier alpha value is -1.38. The van der Waals surface area contributed by atoms with Gasteiger partial charge in [-0.1, -0.05) is 83.0 Å². The van der Waals surface area contributed by atoms with E-state index in [4.69, 9.17) is 4.98 Å². The molecule has 2 nitrogen and oxygen atoms in total. The monoisotopic (exact) mass is 800 g/mol. The Morgan fingerprint density at radius 2 is 1.34 bits per heavy atom. The number of imidazole rings is 1. The topological polar surface area (TPSA) is 17.3 Å². The summed E-state index contributed by atoms with van der Waals surface area (Å²) in [4.78, 5) is 5.20. The molecule has 3 aromatic carbocycles. The van der Waals surface area contributed by atoms with E-state index in [-0.39, 0.29) is 60.2 Å². The minimum atomic E-state index is 0. The molecule has 0 unspecified atom stereocenters. The molecule has 4 heteroatoms. The van der Waals surface area contributed by atoms with Gasteiger partial charge in [-0.15, -0.1) is 29.7 Å². The third kappa shape index (κ3) is 6.75. The van der Waals surface area contributed by atoms with Crippen molar-refractivity contribution in [2.45, 2.75) is 87.0 Å². The van der Waals surface area contributed by atoms with Gasteiger partial charge in [0.1, 0.15) is 0 Å². The summed E-state index contributed by atoms with van der Waals surface area (Å²) in [5, 5.41) is 3.69. The van der Waals surface area contributed by atoms with Crippen molar-refractivity contribution in [3.63, 3.8) is 0 Å². The van der Waals surface area contributed by atoms with E-state index in [0.29, 0.717) is 5.92 Å². The third-order valence-electron chi connectivity index (χ3n) is 9.02. The van der Waals surface area contributed by atoms with Crippen LogP contribution < -0.4 is 0 Å². The zero-order chi connectivity index (χ0) is 27.0. The summed E-state index contributed by atoms with van der Waals surface area (Å²) >= 11 is 0. The summed E-state index contributed by atoms with van der Waals surface area (Å²) in [7, 11) is 0. The number of fused-ring (bicyclic) bond motifs is 6. The van der Waals surface area contributed by atoms with E-state index in [1.165, 1.54) is 75.5 Å².